The van der Waals surface area contributed by atoms with Crippen molar-refractivity contribution in [3.05, 3.63) is 0 Å². The maximum absolute atomic E-state index is 5.97. The molecule has 0 aliphatic carbocycles. The van der Waals surface area contributed by atoms with E-state index >= 15 is 0 Å². The highest BCUT2D eigenvalue weighted by atomic mass is 32.2. The Kier molecular flexibility index (Phi) is 3.89. The quantitative estimate of drug-likeness (QED) is 0.779. The van der Waals surface area contributed by atoms with Crippen molar-refractivity contribution in [2.45, 2.75) is 44.7 Å². The van der Waals surface area contributed by atoms with E-state index < -0.39 is 0 Å². The molecular formula is C11H24N2S. The lowest BCUT2D eigenvalue weighted by Crippen LogP contribution is -2.59. The van der Waals surface area contributed by atoms with E-state index in [0.29, 0.717) is 0 Å². The van der Waals surface area contributed by atoms with Crippen LogP contribution in [0.3, 0.4) is 0 Å². The minimum Gasteiger partial charge on any atom is -0.329 e. The van der Waals surface area contributed by atoms with Crippen LogP contribution >= 0.6 is 11.8 Å². The lowest BCUT2D eigenvalue weighted by Gasteiger charge is -2.47. The fraction of sp³-hybridized carbons (Fsp3) is 1.00. The Hall–Kier alpha value is 0.270. The maximum atomic E-state index is 5.97. The molecule has 1 aliphatic heterocycles. The minimum atomic E-state index is 0.254. The summed E-state index contributed by atoms with van der Waals surface area (Å²) in [6.07, 6.45) is 2.42. The molecule has 1 atom stereocenters. The zero-order chi connectivity index (χ0) is 10.8. The number of hydrogen-bond donors (Lipinski definition) is 1. The van der Waals surface area contributed by atoms with Crippen molar-refractivity contribution in [1.29, 1.82) is 0 Å². The van der Waals surface area contributed by atoms with Crippen molar-refractivity contribution in [1.82, 2.24) is 4.90 Å². The third-order valence-electron chi connectivity index (χ3n) is 3.95. The van der Waals surface area contributed by atoms with Crippen LogP contribution in [0.25, 0.3) is 0 Å². The van der Waals surface area contributed by atoms with E-state index in [1.165, 1.54) is 24.3 Å². The molecule has 1 saturated heterocycles. The number of hydrogen-bond acceptors (Lipinski definition) is 3. The predicted octanol–water partition coefficient (Wildman–Crippen LogP) is 1.94. The van der Waals surface area contributed by atoms with Crippen LogP contribution in [0, 0.1) is 0 Å². The highest BCUT2D eigenvalue weighted by Gasteiger charge is 2.42. The number of nitrogens with zero attached hydrogens (tertiary/aromatic N) is 1. The molecule has 0 amide bonds. The molecule has 0 radical (unpaired) electrons. The van der Waals surface area contributed by atoms with Gasteiger partial charge in [0.15, 0.2) is 0 Å². The van der Waals surface area contributed by atoms with Gasteiger partial charge in [-0.15, -0.1) is 0 Å². The Bertz CT molecular complexity index is 186. The van der Waals surface area contributed by atoms with Gasteiger partial charge in [0, 0.05) is 23.4 Å². The van der Waals surface area contributed by atoms with E-state index in [1.807, 2.05) is 11.8 Å². The van der Waals surface area contributed by atoms with Crippen LogP contribution in [0.2, 0.25) is 0 Å². The first-order valence-electron chi connectivity index (χ1n) is 5.50. The van der Waals surface area contributed by atoms with E-state index in [1.54, 1.807) is 0 Å². The van der Waals surface area contributed by atoms with E-state index in [0.717, 1.165) is 6.54 Å². The number of rotatable bonds is 4. The van der Waals surface area contributed by atoms with E-state index in [-0.39, 0.29) is 11.1 Å². The molecule has 0 spiro atoms. The predicted molar refractivity (Wildman–Crippen MR) is 65.9 cm³/mol. The maximum Gasteiger partial charge on any atom is 0.0431 e. The molecule has 1 rings (SSSR count). The van der Waals surface area contributed by atoms with Gasteiger partial charge in [-0.25, -0.2) is 0 Å². The van der Waals surface area contributed by atoms with Crippen LogP contribution in [0.1, 0.15) is 33.6 Å². The van der Waals surface area contributed by atoms with Gasteiger partial charge in [-0.05, 0) is 39.5 Å². The summed E-state index contributed by atoms with van der Waals surface area (Å²) < 4.78 is 0. The van der Waals surface area contributed by atoms with Crippen LogP contribution in [0.5, 0.6) is 0 Å². The molecule has 1 heterocycles. The molecule has 84 valence electrons. The smallest absolute Gasteiger partial charge is 0.0431 e. The first-order valence-corrected chi connectivity index (χ1v) is 6.66. The van der Waals surface area contributed by atoms with Crippen LogP contribution < -0.4 is 5.73 Å². The van der Waals surface area contributed by atoms with Crippen molar-refractivity contribution in [3.63, 3.8) is 0 Å². The summed E-state index contributed by atoms with van der Waals surface area (Å²) in [5, 5.41) is 0. The van der Waals surface area contributed by atoms with Gasteiger partial charge in [-0.2, -0.15) is 11.8 Å². The van der Waals surface area contributed by atoms with Crippen molar-refractivity contribution in [2.75, 3.05) is 25.1 Å². The van der Waals surface area contributed by atoms with Crippen molar-refractivity contribution >= 4 is 11.8 Å². The highest BCUT2D eigenvalue weighted by Crippen LogP contribution is 2.36. The van der Waals surface area contributed by atoms with Gasteiger partial charge in [0.05, 0.1) is 0 Å². The summed E-state index contributed by atoms with van der Waals surface area (Å²) in [6, 6.07) is 0. The Labute approximate surface area is 92.6 Å². The number of nitrogens with two attached hydrogens (primary N) is 1. The summed E-state index contributed by atoms with van der Waals surface area (Å²) in [6.45, 7) is 7.67. The zero-order valence-electron chi connectivity index (χ0n) is 9.97. The average molecular weight is 216 g/mol. The molecular weight excluding hydrogens is 192 g/mol. The van der Waals surface area contributed by atoms with Gasteiger partial charge in [0.25, 0.3) is 0 Å². The molecule has 0 aromatic heterocycles. The van der Waals surface area contributed by atoms with Crippen molar-refractivity contribution in [2.24, 2.45) is 5.73 Å². The molecule has 2 nitrogen and oxygen atoms in total. The molecule has 14 heavy (non-hydrogen) atoms. The number of likely N-dealkylation sites (N-methyl/N-ethyl adjacent to an activating group) is 1. The summed E-state index contributed by atoms with van der Waals surface area (Å²) in [5.74, 6) is 2.46. The topological polar surface area (TPSA) is 29.3 Å². The van der Waals surface area contributed by atoms with Gasteiger partial charge >= 0.3 is 0 Å². The van der Waals surface area contributed by atoms with Gasteiger partial charge in [0.1, 0.15) is 0 Å². The second-order valence-corrected chi connectivity index (χ2v) is 6.06. The molecule has 2 N–H and O–H groups in total. The largest absolute Gasteiger partial charge is 0.329 e. The van der Waals surface area contributed by atoms with Crippen LogP contribution in [-0.4, -0.2) is 41.1 Å². The van der Waals surface area contributed by atoms with Crippen molar-refractivity contribution in [3.8, 4) is 0 Å². The standard InChI is InChI=1S/C11H24N2S/c1-5-10(2,3)13(4)11(8-12)6-7-14-9-11/h5-9,12H2,1-4H3. The van der Waals surface area contributed by atoms with Crippen molar-refractivity contribution < 1.29 is 0 Å². The first-order chi connectivity index (χ1) is 6.48. The molecule has 0 saturated carbocycles. The van der Waals surface area contributed by atoms with E-state index in [4.69, 9.17) is 5.73 Å². The monoisotopic (exact) mass is 216 g/mol. The normalized spacial score (nSPS) is 28.7. The fourth-order valence-electron chi connectivity index (χ4n) is 2.04. The molecule has 0 aromatic carbocycles. The highest BCUT2D eigenvalue weighted by molar-refractivity contribution is 7.99. The first kappa shape index (κ1) is 12.3. The average Bonchev–Trinajstić information content (AvgIpc) is 2.66. The molecule has 1 fully saturated rings. The summed E-state index contributed by atoms with van der Waals surface area (Å²) in [5.41, 5.74) is 6.49. The van der Waals surface area contributed by atoms with E-state index in [2.05, 4.69) is 32.7 Å². The molecule has 3 heteroatoms. The Morgan fingerprint density at radius 1 is 1.50 bits per heavy atom. The Morgan fingerprint density at radius 3 is 2.50 bits per heavy atom. The Morgan fingerprint density at radius 2 is 2.14 bits per heavy atom. The molecule has 1 aliphatic rings. The summed E-state index contributed by atoms with van der Waals surface area (Å²) >= 11 is 2.04. The zero-order valence-corrected chi connectivity index (χ0v) is 10.8. The van der Waals surface area contributed by atoms with Gasteiger partial charge in [0.2, 0.25) is 0 Å². The lowest BCUT2D eigenvalue weighted by molar-refractivity contribution is 0.0404. The third kappa shape index (κ3) is 2.10. The SMILES string of the molecule is CCC(C)(C)N(C)C1(CN)CCSC1. The molecule has 0 bridgehead atoms. The molecule has 1 unspecified atom stereocenters. The second-order valence-electron chi connectivity index (χ2n) is 4.96. The van der Waals surface area contributed by atoms with Crippen LogP contribution in [0.4, 0.5) is 0 Å². The minimum absolute atomic E-state index is 0.254. The molecule has 0 aromatic rings. The fourth-order valence-corrected chi connectivity index (χ4v) is 3.54. The van der Waals surface area contributed by atoms with Gasteiger partial charge < -0.3 is 5.73 Å². The summed E-state index contributed by atoms with van der Waals surface area (Å²) in [4.78, 5) is 2.51. The van der Waals surface area contributed by atoms with E-state index in [9.17, 15) is 0 Å². The van der Waals surface area contributed by atoms with Crippen LogP contribution in [0.15, 0.2) is 0 Å². The lowest BCUT2D eigenvalue weighted by atomic mass is 9.89. The van der Waals surface area contributed by atoms with Gasteiger partial charge in [-0.3, -0.25) is 4.90 Å². The second kappa shape index (κ2) is 4.42. The third-order valence-corrected chi connectivity index (χ3v) is 5.18. The van der Waals surface area contributed by atoms with Crippen LogP contribution in [-0.2, 0) is 0 Å². The van der Waals surface area contributed by atoms with Gasteiger partial charge in [-0.1, -0.05) is 6.92 Å². The Balaban J connectivity index is 2.79. The summed E-state index contributed by atoms with van der Waals surface area (Å²) in [7, 11) is 2.24. The number of thioether (sulfide) groups is 1.